The summed E-state index contributed by atoms with van der Waals surface area (Å²) < 4.78 is 82.4. The summed E-state index contributed by atoms with van der Waals surface area (Å²) in [5.41, 5.74) is -1.69. The van der Waals surface area contributed by atoms with Crippen LogP contribution in [0.4, 0.5) is 26.3 Å². The number of H-pyrrole nitrogens is 1. The number of halogens is 6. The molecule has 7 nitrogen and oxygen atoms in total. The standard InChI is InChI=1S/C21H14F6N4O3S/c1-10-14-16(32)30-19(33)31(7-6-20(22,23)24)17(14)35-15(10)11-8-28-18(29-9-11)34-13-4-2-12(3-5-13)21(25,26)27/h2-5,8-9H,6-7H2,1H3,(H,30,32,33). The third-order valence-corrected chi connectivity index (χ3v) is 6.33. The molecule has 0 aliphatic heterocycles. The SMILES string of the molecule is Cc1c(-c2cnc(Oc3ccc(C(F)(F)F)cc3)nc2)sc2c1c(=O)[nH]c(=O)n2CCC(F)(F)F. The third kappa shape index (κ3) is 5.21. The van der Waals surface area contributed by atoms with Crippen molar-refractivity contribution in [1.82, 2.24) is 19.5 Å². The third-order valence-electron chi connectivity index (χ3n) is 4.97. The molecule has 0 unspecified atom stereocenters. The van der Waals surface area contributed by atoms with E-state index in [1.807, 2.05) is 4.98 Å². The summed E-state index contributed by atoms with van der Waals surface area (Å²) in [6, 6.07) is 3.76. The van der Waals surface area contributed by atoms with Gasteiger partial charge in [-0.3, -0.25) is 14.3 Å². The first kappa shape index (κ1) is 24.4. The van der Waals surface area contributed by atoms with Gasteiger partial charge in [0.15, 0.2) is 0 Å². The molecule has 0 fully saturated rings. The lowest BCUT2D eigenvalue weighted by molar-refractivity contribution is -0.138. The molecule has 14 heteroatoms. The number of aromatic amines is 1. The lowest BCUT2D eigenvalue weighted by Gasteiger charge is -2.09. The van der Waals surface area contributed by atoms with Crippen LogP contribution in [0.1, 0.15) is 17.5 Å². The molecule has 4 aromatic rings. The van der Waals surface area contributed by atoms with Crippen LogP contribution in [0, 0.1) is 6.92 Å². The van der Waals surface area contributed by atoms with Crippen molar-refractivity contribution >= 4 is 21.6 Å². The molecule has 1 N–H and O–H groups in total. The van der Waals surface area contributed by atoms with Gasteiger partial charge < -0.3 is 4.74 Å². The Balaban J connectivity index is 1.64. The fourth-order valence-electron chi connectivity index (χ4n) is 3.30. The number of rotatable bonds is 5. The number of aromatic nitrogens is 4. The minimum Gasteiger partial charge on any atom is -0.424 e. The summed E-state index contributed by atoms with van der Waals surface area (Å²) in [6.07, 6.45) is -7.57. The maximum atomic E-state index is 12.7. The lowest BCUT2D eigenvalue weighted by atomic mass is 10.1. The Morgan fingerprint density at radius 2 is 1.66 bits per heavy atom. The van der Waals surface area contributed by atoms with Crippen molar-refractivity contribution in [2.75, 3.05) is 0 Å². The van der Waals surface area contributed by atoms with Crippen molar-refractivity contribution in [1.29, 1.82) is 0 Å². The first-order valence-corrected chi connectivity index (χ1v) is 10.7. The second-order valence-electron chi connectivity index (χ2n) is 7.39. The highest BCUT2D eigenvalue weighted by Gasteiger charge is 2.30. The monoisotopic (exact) mass is 516 g/mol. The number of fused-ring (bicyclic) bond motifs is 1. The molecule has 0 spiro atoms. The van der Waals surface area contributed by atoms with Crippen LogP contribution in [0.15, 0.2) is 46.2 Å². The molecule has 0 saturated heterocycles. The van der Waals surface area contributed by atoms with Gasteiger partial charge in [-0.2, -0.15) is 26.3 Å². The fourth-order valence-corrected chi connectivity index (χ4v) is 4.60. The highest BCUT2D eigenvalue weighted by molar-refractivity contribution is 7.22. The van der Waals surface area contributed by atoms with Crippen molar-refractivity contribution < 1.29 is 31.1 Å². The van der Waals surface area contributed by atoms with Gasteiger partial charge in [0.05, 0.1) is 17.4 Å². The van der Waals surface area contributed by atoms with E-state index in [1.165, 1.54) is 12.4 Å². The van der Waals surface area contributed by atoms with E-state index in [0.29, 0.717) is 16.0 Å². The summed E-state index contributed by atoms with van der Waals surface area (Å²) in [4.78, 5) is 35.1. The van der Waals surface area contributed by atoms with Crippen molar-refractivity contribution in [3.8, 4) is 22.2 Å². The molecular weight excluding hydrogens is 502 g/mol. The largest absolute Gasteiger partial charge is 0.424 e. The van der Waals surface area contributed by atoms with Crippen LogP contribution in [0.2, 0.25) is 0 Å². The van der Waals surface area contributed by atoms with Crippen LogP contribution < -0.4 is 16.0 Å². The maximum Gasteiger partial charge on any atom is 0.416 e. The van der Waals surface area contributed by atoms with Gasteiger partial charge in [-0.25, -0.2) is 14.8 Å². The number of alkyl halides is 6. The first-order chi connectivity index (χ1) is 16.3. The zero-order valence-electron chi connectivity index (χ0n) is 17.6. The summed E-state index contributed by atoms with van der Waals surface area (Å²) in [5, 5.41) is 0.0804. The predicted molar refractivity (Wildman–Crippen MR) is 115 cm³/mol. The average molecular weight is 516 g/mol. The minimum atomic E-state index is -4.49. The van der Waals surface area contributed by atoms with Gasteiger partial charge in [-0.1, -0.05) is 0 Å². The second-order valence-corrected chi connectivity index (χ2v) is 8.39. The Morgan fingerprint density at radius 1 is 1.03 bits per heavy atom. The minimum absolute atomic E-state index is 0.0732. The van der Waals surface area contributed by atoms with Gasteiger partial charge in [-0.05, 0) is 36.8 Å². The second kappa shape index (κ2) is 8.83. The highest BCUT2D eigenvalue weighted by atomic mass is 32.1. The molecule has 0 aliphatic carbocycles. The Bertz CT molecular complexity index is 1490. The molecular formula is C21H14F6N4O3S. The van der Waals surface area contributed by atoms with Crippen molar-refractivity contribution in [3.63, 3.8) is 0 Å². The Kier molecular flexibility index (Phi) is 6.17. The summed E-state index contributed by atoms with van der Waals surface area (Å²) in [5.74, 6) is 0.0732. The normalized spacial score (nSPS) is 12.3. The number of ether oxygens (including phenoxy) is 1. The summed E-state index contributed by atoms with van der Waals surface area (Å²) >= 11 is 0.945. The molecule has 0 saturated carbocycles. The summed E-state index contributed by atoms with van der Waals surface area (Å²) in [6.45, 7) is 0.917. The van der Waals surface area contributed by atoms with E-state index in [0.717, 1.165) is 40.2 Å². The van der Waals surface area contributed by atoms with Crippen LogP contribution in [-0.4, -0.2) is 25.7 Å². The van der Waals surface area contributed by atoms with E-state index in [-0.39, 0.29) is 22.0 Å². The fraction of sp³-hybridized carbons (Fsp3) is 0.238. The van der Waals surface area contributed by atoms with Gasteiger partial charge in [-0.15, -0.1) is 11.3 Å². The molecule has 184 valence electrons. The molecule has 35 heavy (non-hydrogen) atoms. The first-order valence-electron chi connectivity index (χ1n) is 9.84. The van der Waals surface area contributed by atoms with E-state index in [4.69, 9.17) is 4.74 Å². The van der Waals surface area contributed by atoms with Gasteiger partial charge >= 0.3 is 24.1 Å². The lowest BCUT2D eigenvalue weighted by Crippen LogP contribution is -2.31. The molecule has 0 radical (unpaired) electrons. The zero-order chi connectivity index (χ0) is 25.5. The quantitative estimate of drug-likeness (QED) is 0.365. The number of nitrogens with zero attached hydrogens (tertiary/aromatic N) is 3. The summed E-state index contributed by atoms with van der Waals surface area (Å²) in [7, 11) is 0. The molecule has 3 heterocycles. The average Bonchev–Trinajstić information content (AvgIpc) is 3.10. The van der Waals surface area contributed by atoms with Crippen LogP contribution in [0.3, 0.4) is 0 Å². The number of hydrogen-bond donors (Lipinski definition) is 1. The molecule has 0 aliphatic rings. The Labute approximate surface area is 195 Å². The molecule has 1 aromatic carbocycles. The highest BCUT2D eigenvalue weighted by Crippen LogP contribution is 2.36. The van der Waals surface area contributed by atoms with Crippen LogP contribution in [-0.2, 0) is 12.7 Å². The van der Waals surface area contributed by atoms with Gasteiger partial charge in [0.2, 0.25) is 0 Å². The Morgan fingerprint density at radius 3 is 2.23 bits per heavy atom. The van der Waals surface area contributed by atoms with Gasteiger partial charge in [0.1, 0.15) is 10.6 Å². The number of nitrogens with one attached hydrogen (secondary N) is 1. The molecule has 0 amide bonds. The molecule has 3 aromatic heterocycles. The van der Waals surface area contributed by atoms with Gasteiger partial charge in [0.25, 0.3) is 5.56 Å². The van der Waals surface area contributed by atoms with Crippen molar-refractivity contribution in [2.24, 2.45) is 0 Å². The molecule has 0 atom stereocenters. The number of thiophene rings is 1. The van der Waals surface area contributed by atoms with Gasteiger partial charge in [0, 0.05) is 29.4 Å². The predicted octanol–water partition coefficient (Wildman–Crippen LogP) is 5.28. The van der Waals surface area contributed by atoms with E-state index < -0.39 is 42.1 Å². The van der Waals surface area contributed by atoms with Crippen molar-refractivity contribution in [3.05, 3.63) is 68.6 Å². The Hall–Kier alpha value is -3.68. The van der Waals surface area contributed by atoms with E-state index in [1.54, 1.807) is 6.92 Å². The number of hydrogen-bond acceptors (Lipinski definition) is 6. The van der Waals surface area contributed by atoms with E-state index in [9.17, 15) is 35.9 Å². The number of aryl methyl sites for hydroxylation is 2. The topological polar surface area (TPSA) is 89.9 Å². The van der Waals surface area contributed by atoms with Crippen LogP contribution >= 0.6 is 11.3 Å². The van der Waals surface area contributed by atoms with E-state index >= 15 is 0 Å². The number of benzene rings is 1. The molecule has 0 bridgehead atoms. The zero-order valence-corrected chi connectivity index (χ0v) is 18.4. The smallest absolute Gasteiger partial charge is 0.416 e. The maximum absolute atomic E-state index is 12.7. The van der Waals surface area contributed by atoms with E-state index in [2.05, 4.69) is 9.97 Å². The van der Waals surface area contributed by atoms with Crippen LogP contribution in [0.25, 0.3) is 20.7 Å². The van der Waals surface area contributed by atoms with Crippen molar-refractivity contribution in [2.45, 2.75) is 32.2 Å². The van der Waals surface area contributed by atoms with Crippen LogP contribution in [0.5, 0.6) is 11.8 Å². The molecule has 4 rings (SSSR count).